The van der Waals surface area contributed by atoms with Crippen molar-refractivity contribution in [2.24, 2.45) is 11.3 Å². The van der Waals surface area contributed by atoms with Gasteiger partial charge in [-0.2, -0.15) is 10.3 Å². The standard InChI is InChI=1S/C24H36N2O6/c1-17(13-18-15-31-25-22(18)29)7-4-8-20(27)9-5-10-21(28)11-6-12-24(2,3)14-19-16-32-26-23(19)30/h15-17H,4-14H2,1-3H3,(H,25,29)(H,26,30). The number of hydrogen-bond donors (Lipinski definition) is 2. The molecule has 8 nitrogen and oxygen atoms in total. The van der Waals surface area contributed by atoms with E-state index in [1.165, 1.54) is 12.5 Å². The Morgan fingerprint density at radius 2 is 1.41 bits per heavy atom. The smallest absolute Gasteiger partial charge is 0.283 e. The van der Waals surface area contributed by atoms with Crippen LogP contribution in [0.2, 0.25) is 0 Å². The van der Waals surface area contributed by atoms with Gasteiger partial charge in [0.1, 0.15) is 24.1 Å². The van der Waals surface area contributed by atoms with Crippen LogP contribution in [0.5, 0.6) is 0 Å². The third-order valence-corrected chi connectivity index (χ3v) is 5.90. The van der Waals surface area contributed by atoms with E-state index in [1.807, 2.05) is 0 Å². The van der Waals surface area contributed by atoms with Gasteiger partial charge in [0.25, 0.3) is 11.1 Å². The lowest BCUT2D eigenvalue weighted by Gasteiger charge is -2.23. The molecule has 178 valence electrons. The molecule has 0 radical (unpaired) electrons. The molecule has 2 aromatic heterocycles. The summed E-state index contributed by atoms with van der Waals surface area (Å²) in [4.78, 5) is 47.3. The zero-order chi connectivity index (χ0) is 23.6. The second kappa shape index (κ2) is 12.4. The molecule has 2 aromatic rings. The Balaban J connectivity index is 1.53. The topological polar surface area (TPSA) is 126 Å². The lowest BCUT2D eigenvalue weighted by molar-refractivity contribution is -0.120. The lowest BCUT2D eigenvalue weighted by atomic mass is 9.81. The van der Waals surface area contributed by atoms with E-state index in [0.717, 1.165) is 25.7 Å². The second-order valence-electron chi connectivity index (χ2n) is 9.71. The van der Waals surface area contributed by atoms with Gasteiger partial charge in [0.15, 0.2) is 0 Å². The van der Waals surface area contributed by atoms with Crippen LogP contribution in [-0.4, -0.2) is 21.9 Å². The van der Waals surface area contributed by atoms with Gasteiger partial charge in [-0.1, -0.05) is 20.8 Å². The number of carbonyl (C=O) groups excluding carboxylic acids is 2. The number of ketones is 2. The predicted molar refractivity (Wildman–Crippen MR) is 121 cm³/mol. The summed E-state index contributed by atoms with van der Waals surface area (Å²) in [5.74, 6) is 0.686. The summed E-state index contributed by atoms with van der Waals surface area (Å²) in [7, 11) is 0. The van der Waals surface area contributed by atoms with E-state index < -0.39 is 0 Å². The fourth-order valence-corrected chi connectivity index (χ4v) is 4.04. The summed E-state index contributed by atoms with van der Waals surface area (Å²) in [5, 5.41) is 4.58. The minimum absolute atomic E-state index is 0.0879. The molecule has 2 rings (SSSR count). The largest absolute Gasteiger partial charge is 0.387 e. The fourth-order valence-electron chi connectivity index (χ4n) is 4.04. The highest BCUT2D eigenvalue weighted by atomic mass is 16.5. The summed E-state index contributed by atoms with van der Waals surface area (Å²) < 4.78 is 9.61. The van der Waals surface area contributed by atoms with Gasteiger partial charge in [0.05, 0.1) is 11.1 Å². The summed E-state index contributed by atoms with van der Waals surface area (Å²) in [5.41, 5.74) is 0.802. The molecule has 2 N–H and O–H groups in total. The van der Waals surface area contributed by atoms with E-state index in [9.17, 15) is 19.2 Å². The maximum absolute atomic E-state index is 12.1. The van der Waals surface area contributed by atoms with Gasteiger partial charge in [-0.05, 0) is 56.3 Å². The van der Waals surface area contributed by atoms with Gasteiger partial charge in [0, 0.05) is 25.7 Å². The number of hydrogen-bond acceptors (Lipinski definition) is 6. The summed E-state index contributed by atoms with van der Waals surface area (Å²) in [6.45, 7) is 6.22. The number of nitrogens with one attached hydrogen (secondary N) is 2. The molecule has 0 spiro atoms. The highest BCUT2D eigenvalue weighted by Gasteiger charge is 2.21. The van der Waals surface area contributed by atoms with Crippen molar-refractivity contribution >= 4 is 11.6 Å². The van der Waals surface area contributed by atoms with E-state index >= 15 is 0 Å². The van der Waals surface area contributed by atoms with Crippen molar-refractivity contribution in [2.75, 3.05) is 0 Å². The van der Waals surface area contributed by atoms with Gasteiger partial charge >= 0.3 is 0 Å². The average molecular weight is 449 g/mol. The molecule has 1 atom stereocenters. The van der Waals surface area contributed by atoms with Crippen LogP contribution in [-0.2, 0) is 22.4 Å². The molecule has 32 heavy (non-hydrogen) atoms. The highest BCUT2D eigenvalue weighted by Crippen LogP contribution is 2.27. The van der Waals surface area contributed by atoms with Crippen molar-refractivity contribution in [1.29, 1.82) is 0 Å². The second-order valence-corrected chi connectivity index (χ2v) is 9.71. The Labute approximate surface area is 188 Å². The zero-order valence-corrected chi connectivity index (χ0v) is 19.5. The van der Waals surface area contributed by atoms with E-state index in [4.69, 9.17) is 9.05 Å². The van der Waals surface area contributed by atoms with Crippen molar-refractivity contribution < 1.29 is 18.6 Å². The molecular formula is C24H36N2O6. The van der Waals surface area contributed by atoms with E-state index in [1.54, 1.807) is 0 Å². The molecule has 0 saturated heterocycles. The quantitative estimate of drug-likeness (QED) is 0.393. The Morgan fingerprint density at radius 3 is 1.97 bits per heavy atom. The minimum Gasteiger partial charge on any atom is -0.387 e. The van der Waals surface area contributed by atoms with Gasteiger partial charge in [-0.15, -0.1) is 0 Å². The molecule has 8 heteroatoms. The molecule has 0 aliphatic heterocycles. The zero-order valence-electron chi connectivity index (χ0n) is 19.5. The molecular weight excluding hydrogens is 412 g/mol. The molecule has 0 bridgehead atoms. The van der Waals surface area contributed by atoms with Crippen LogP contribution in [0.3, 0.4) is 0 Å². The van der Waals surface area contributed by atoms with Crippen molar-refractivity contribution in [3.8, 4) is 0 Å². The molecule has 0 fully saturated rings. The van der Waals surface area contributed by atoms with Crippen molar-refractivity contribution in [2.45, 2.75) is 91.4 Å². The molecule has 0 aliphatic rings. The van der Waals surface area contributed by atoms with Crippen LogP contribution in [0.1, 0.15) is 89.7 Å². The Kier molecular flexibility index (Phi) is 9.94. The first kappa shape index (κ1) is 25.6. The maximum atomic E-state index is 12.1. The first-order valence-corrected chi connectivity index (χ1v) is 11.5. The van der Waals surface area contributed by atoms with Crippen LogP contribution in [0, 0.1) is 11.3 Å². The Bertz CT molecular complexity index is 961. The molecule has 0 amide bonds. The number of carbonyl (C=O) groups is 2. The first-order valence-electron chi connectivity index (χ1n) is 11.5. The van der Waals surface area contributed by atoms with Crippen LogP contribution < -0.4 is 11.1 Å². The first-order chi connectivity index (χ1) is 15.2. The van der Waals surface area contributed by atoms with Crippen molar-refractivity contribution in [3.63, 3.8) is 0 Å². The number of H-pyrrole nitrogens is 2. The van der Waals surface area contributed by atoms with Crippen molar-refractivity contribution in [3.05, 3.63) is 44.4 Å². The Morgan fingerprint density at radius 1 is 0.875 bits per heavy atom. The van der Waals surface area contributed by atoms with Gasteiger partial charge in [0.2, 0.25) is 0 Å². The predicted octanol–water partition coefficient (Wildman–Crippen LogP) is 4.35. The van der Waals surface area contributed by atoms with Crippen LogP contribution in [0.25, 0.3) is 0 Å². The number of aromatic nitrogens is 2. The average Bonchev–Trinajstić information content (AvgIpc) is 3.29. The van der Waals surface area contributed by atoms with Gasteiger partial charge in [-0.3, -0.25) is 19.2 Å². The molecule has 0 aromatic carbocycles. The fraction of sp³-hybridized carbons (Fsp3) is 0.667. The summed E-state index contributed by atoms with van der Waals surface area (Å²) in [6.07, 6.45) is 9.92. The number of rotatable bonds is 16. The maximum Gasteiger partial charge on any atom is 0.283 e. The Hall–Kier alpha value is -2.64. The monoisotopic (exact) mass is 448 g/mol. The minimum atomic E-state index is -0.193. The SMILES string of the molecule is CC(CCCC(=O)CCCC(=O)CCCC(C)(C)Cc1co[nH]c1=O)Cc1co[nH]c1=O. The van der Waals surface area contributed by atoms with E-state index in [0.29, 0.717) is 62.0 Å². The van der Waals surface area contributed by atoms with Crippen molar-refractivity contribution in [1.82, 2.24) is 10.3 Å². The third kappa shape index (κ3) is 9.24. The van der Waals surface area contributed by atoms with Crippen LogP contribution >= 0.6 is 0 Å². The summed E-state index contributed by atoms with van der Waals surface area (Å²) >= 11 is 0. The highest BCUT2D eigenvalue weighted by molar-refractivity contribution is 5.81. The van der Waals surface area contributed by atoms with Gasteiger partial charge in [-0.25, -0.2) is 0 Å². The number of Topliss-reactive ketones (excluding diaryl/α,β-unsaturated/α-hetero) is 2. The van der Waals surface area contributed by atoms with E-state index in [2.05, 4.69) is 31.1 Å². The molecule has 0 saturated carbocycles. The normalized spacial score (nSPS) is 12.7. The third-order valence-electron chi connectivity index (χ3n) is 5.90. The number of aromatic amines is 2. The lowest BCUT2D eigenvalue weighted by Crippen LogP contribution is -2.19. The van der Waals surface area contributed by atoms with Crippen LogP contribution in [0.4, 0.5) is 0 Å². The molecule has 0 aliphatic carbocycles. The summed E-state index contributed by atoms with van der Waals surface area (Å²) in [6, 6.07) is 0. The van der Waals surface area contributed by atoms with Crippen LogP contribution in [0.15, 0.2) is 31.2 Å². The molecule has 1 unspecified atom stereocenters. The molecule has 2 heterocycles. The van der Waals surface area contributed by atoms with Gasteiger partial charge < -0.3 is 9.05 Å². The van der Waals surface area contributed by atoms with E-state index in [-0.39, 0.29) is 28.1 Å².